The van der Waals surface area contributed by atoms with Crippen LogP contribution in [0.3, 0.4) is 0 Å². The van der Waals surface area contributed by atoms with Crippen molar-refractivity contribution in [3.05, 3.63) is 54.0 Å². The summed E-state index contributed by atoms with van der Waals surface area (Å²) in [5.41, 5.74) is 2.07. The van der Waals surface area contributed by atoms with Crippen molar-refractivity contribution in [3.63, 3.8) is 0 Å². The van der Waals surface area contributed by atoms with E-state index in [0.29, 0.717) is 44.4 Å². The highest BCUT2D eigenvalue weighted by Crippen LogP contribution is 2.34. The van der Waals surface area contributed by atoms with Gasteiger partial charge >= 0.3 is 0 Å². The third-order valence-corrected chi connectivity index (χ3v) is 6.46. The summed E-state index contributed by atoms with van der Waals surface area (Å²) in [4.78, 5) is 43.6. The van der Waals surface area contributed by atoms with Gasteiger partial charge in [-0.15, -0.1) is 0 Å². The van der Waals surface area contributed by atoms with Crippen LogP contribution in [0.4, 0.5) is 5.69 Å². The molecule has 0 N–H and O–H groups in total. The molecule has 3 heterocycles. The zero-order valence-corrected chi connectivity index (χ0v) is 18.1. The predicted octanol–water partition coefficient (Wildman–Crippen LogP) is 3.13. The van der Waals surface area contributed by atoms with Crippen molar-refractivity contribution in [2.75, 3.05) is 37.6 Å². The first-order valence-corrected chi connectivity index (χ1v) is 11.0. The number of carbonyl (C=O) groups is 3. The zero-order valence-electron chi connectivity index (χ0n) is 18.1. The van der Waals surface area contributed by atoms with Crippen LogP contribution >= 0.6 is 0 Å². The molecule has 0 unspecified atom stereocenters. The maximum absolute atomic E-state index is 13.1. The van der Waals surface area contributed by atoms with E-state index in [-0.39, 0.29) is 30.1 Å². The Hall–Kier alpha value is -3.09. The number of piperazine rings is 1. The summed E-state index contributed by atoms with van der Waals surface area (Å²) in [6.45, 7) is 6.58. The third kappa shape index (κ3) is 4.22. The lowest BCUT2D eigenvalue weighted by Crippen LogP contribution is -2.52. The van der Waals surface area contributed by atoms with Crippen molar-refractivity contribution in [1.29, 1.82) is 0 Å². The average molecular weight is 424 g/mol. The lowest BCUT2D eigenvalue weighted by molar-refractivity contribution is -0.137. The van der Waals surface area contributed by atoms with Crippen LogP contribution in [0.1, 0.15) is 48.7 Å². The van der Waals surface area contributed by atoms with E-state index >= 15 is 0 Å². The minimum Gasteiger partial charge on any atom is -0.459 e. The lowest BCUT2D eigenvalue weighted by Gasteiger charge is -2.35. The van der Waals surface area contributed by atoms with Crippen LogP contribution in [0.2, 0.25) is 0 Å². The summed E-state index contributed by atoms with van der Waals surface area (Å²) in [6.07, 6.45) is 2.71. The number of anilines is 1. The fourth-order valence-electron chi connectivity index (χ4n) is 4.42. The van der Waals surface area contributed by atoms with Crippen molar-refractivity contribution in [1.82, 2.24) is 9.80 Å². The number of hydrogen-bond acceptors (Lipinski definition) is 4. The van der Waals surface area contributed by atoms with Gasteiger partial charge < -0.3 is 19.1 Å². The van der Waals surface area contributed by atoms with E-state index in [2.05, 4.69) is 19.9 Å². The Bertz CT molecular complexity index is 947. The van der Waals surface area contributed by atoms with E-state index in [1.54, 1.807) is 26.8 Å². The fraction of sp³-hybridized carbons (Fsp3) is 0.458. The van der Waals surface area contributed by atoms with Crippen LogP contribution in [-0.4, -0.2) is 60.2 Å². The zero-order chi connectivity index (χ0) is 22.0. The molecular formula is C24H29N3O4. The molecule has 0 radical (unpaired) electrons. The van der Waals surface area contributed by atoms with Crippen LogP contribution in [-0.2, 0) is 9.59 Å². The predicted molar refractivity (Wildman–Crippen MR) is 117 cm³/mol. The maximum atomic E-state index is 13.1. The third-order valence-electron chi connectivity index (χ3n) is 6.46. The van der Waals surface area contributed by atoms with Crippen LogP contribution in [0, 0.1) is 5.92 Å². The number of nitrogens with zero attached hydrogens (tertiary/aromatic N) is 3. The van der Waals surface area contributed by atoms with Crippen LogP contribution in [0.5, 0.6) is 0 Å². The highest BCUT2D eigenvalue weighted by Gasteiger charge is 2.39. The number of rotatable bonds is 5. The van der Waals surface area contributed by atoms with Gasteiger partial charge in [0.25, 0.3) is 5.91 Å². The van der Waals surface area contributed by atoms with Gasteiger partial charge in [0, 0.05) is 44.8 Å². The van der Waals surface area contributed by atoms with Crippen LogP contribution < -0.4 is 4.90 Å². The smallest absolute Gasteiger partial charge is 0.289 e. The highest BCUT2D eigenvalue weighted by atomic mass is 16.3. The minimum absolute atomic E-state index is 0.000682. The summed E-state index contributed by atoms with van der Waals surface area (Å²) in [5, 5.41) is 0. The molecule has 3 amide bonds. The Labute approximate surface area is 182 Å². The second kappa shape index (κ2) is 8.96. The summed E-state index contributed by atoms with van der Waals surface area (Å²) in [6, 6.07) is 11.3. The first-order chi connectivity index (χ1) is 15.0. The van der Waals surface area contributed by atoms with E-state index in [9.17, 15) is 14.4 Å². The van der Waals surface area contributed by atoms with Crippen molar-refractivity contribution in [2.45, 2.75) is 32.6 Å². The van der Waals surface area contributed by atoms with Gasteiger partial charge in [0.05, 0.1) is 12.2 Å². The van der Waals surface area contributed by atoms with Crippen molar-refractivity contribution < 1.29 is 18.8 Å². The van der Waals surface area contributed by atoms with E-state index < -0.39 is 0 Å². The second-order valence-electron chi connectivity index (χ2n) is 8.37. The molecule has 2 aliphatic heterocycles. The van der Waals surface area contributed by atoms with Crippen LogP contribution in [0.25, 0.3) is 0 Å². The molecule has 2 aliphatic rings. The van der Waals surface area contributed by atoms with Crippen LogP contribution in [0.15, 0.2) is 47.1 Å². The monoisotopic (exact) mass is 423 g/mol. The number of para-hydroxylation sites is 1. The van der Waals surface area contributed by atoms with Crippen molar-refractivity contribution in [2.24, 2.45) is 5.92 Å². The van der Waals surface area contributed by atoms with Gasteiger partial charge in [0.2, 0.25) is 11.8 Å². The molecule has 31 heavy (non-hydrogen) atoms. The summed E-state index contributed by atoms with van der Waals surface area (Å²) < 4.78 is 5.19. The normalized spacial score (nSPS) is 20.3. The van der Waals surface area contributed by atoms with Gasteiger partial charge in [-0.3, -0.25) is 14.4 Å². The molecule has 7 heteroatoms. The first-order valence-electron chi connectivity index (χ1n) is 11.0. The number of benzene rings is 1. The highest BCUT2D eigenvalue weighted by molar-refractivity contribution is 6.01. The number of hydrogen-bond donors (Lipinski definition) is 0. The largest absolute Gasteiger partial charge is 0.459 e. The topological polar surface area (TPSA) is 74.1 Å². The molecule has 0 bridgehead atoms. The van der Waals surface area contributed by atoms with E-state index in [4.69, 9.17) is 4.42 Å². The van der Waals surface area contributed by atoms with E-state index in [0.717, 1.165) is 17.7 Å². The minimum atomic E-state index is -0.343. The summed E-state index contributed by atoms with van der Waals surface area (Å²) in [7, 11) is 0. The van der Waals surface area contributed by atoms with Gasteiger partial charge in [-0.25, -0.2) is 0 Å². The Morgan fingerprint density at radius 2 is 1.77 bits per heavy atom. The molecule has 2 aromatic rings. The fourth-order valence-corrected chi connectivity index (χ4v) is 4.42. The SMILES string of the molecule is CC[C@H](C)c1ccccc1N1C[C@@H](C(=O)N2CCN(C(=O)c3ccco3)CC2)CC1=O. The Kier molecular flexibility index (Phi) is 6.11. The van der Waals surface area contributed by atoms with Crippen molar-refractivity contribution >= 4 is 23.4 Å². The van der Waals surface area contributed by atoms with E-state index in [1.807, 2.05) is 18.2 Å². The Balaban J connectivity index is 1.39. The molecule has 2 fully saturated rings. The standard InChI is InChI=1S/C24H29N3O4/c1-3-17(2)19-7-4-5-8-20(19)27-16-18(15-22(27)28)23(29)25-10-12-26(13-11-25)24(30)21-9-6-14-31-21/h4-9,14,17-18H,3,10-13,15-16H2,1-2H3/t17-,18-/m0/s1. The number of amides is 3. The Morgan fingerprint density at radius 1 is 1.06 bits per heavy atom. The number of furan rings is 1. The van der Waals surface area contributed by atoms with E-state index in [1.165, 1.54) is 6.26 Å². The lowest BCUT2D eigenvalue weighted by atomic mass is 9.96. The molecule has 1 aromatic heterocycles. The molecular weight excluding hydrogens is 394 g/mol. The molecule has 2 atom stereocenters. The van der Waals surface area contributed by atoms with Gasteiger partial charge in [-0.05, 0) is 36.1 Å². The molecule has 4 rings (SSSR count). The first kappa shape index (κ1) is 21.2. The molecule has 7 nitrogen and oxygen atoms in total. The summed E-state index contributed by atoms with van der Waals surface area (Å²) >= 11 is 0. The summed E-state index contributed by atoms with van der Waals surface area (Å²) in [5.74, 6) is 0.170. The van der Waals surface area contributed by atoms with Gasteiger partial charge in [0.15, 0.2) is 5.76 Å². The average Bonchev–Trinajstić information content (AvgIpc) is 3.48. The maximum Gasteiger partial charge on any atom is 0.289 e. The molecule has 0 aliphatic carbocycles. The molecule has 164 valence electrons. The second-order valence-corrected chi connectivity index (χ2v) is 8.37. The molecule has 0 spiro atoms. The van der Waals surface area contributed by atoms with Gasteiger partial charge in [0.1, 0.15) is 0 Å². The Morgan fingerprint density at radius 3 is 2.45 bits per heavy atom. The quantitative estimate of drug-likeness (QED) is 0.741. The van der Waals surface area contributed by atoms with Gasteiger partial charge in [-0.2, -0.15) is 0 Å². The molecule has 2 saturated heterocycles. The van der Waals surface area contributed by atoms with Crippen molar-refractivity contribution in [3.8, 4) is 0 Å². The molecule has 1 aromatic carbocycles. The molecule has 0 saturated carbocycles. The number of carbonyl (C=O) groups excluding carboxylic acids is 3. The van der Waals surface area contributed by atoms with Gasteiger partial charge in [-0.1, -0.05) is 32.0 Å².